The first-order valence-electron chi connectivity index (χ1n) is 4.70. The number of carbonyl (C=O) groups is 1. The van der Waals surface area contributed by atoms with Crippen molar-refractivity contribution in [2.75, 3.05) is 13.1 Å². The number of hydrogen-bond acceptors (Lipinski definition) is 2. The largest absolute Gasteiger partial charge is 0.338 e. The molecule has 14 heavy (non-hydrogen) atoms. The van der Waals surface area contributed by atoms with Crippen molar-refractivity contribution in [3.05, 3.63) is 0 Å². The fourth-order valence-corrected chi connectivity index (χ4v) is 1.51. The maximum Gasteiger partial charge on any atom is 0.239 e. The second kappa shape index (κ2) is 5.51. The number of halogens is 2. The number of nitrogens with zero attached hydrogens (tertiary/aromatic N) is 1. The highest BCUT2D eigenvalue weighted by atomic mass is 35.5. The molecule has 1 heterocycles. The van der Waals surface area contributed by atoms with Gasteiger partial charge in [-0.05, 0) is 19.3 Å². The van der Waals surface area contributed by atoms with Crippen LogP contribution in [0.1, 0.15) is 20.3 Å². The SMILES string of the molecule is CC1CCN(C(=O)[C@@H](C)N)CC1F.Cl. The third-order valence-corrected chi connectivity index (χ3v) is 2.57. The zero-order valence-electron chi connectivity index (χ0n) is 8.57. The highest BCUT2D eigenvalue weighted by Crippen LogP contribution is 2.19. The first-order valence-corrected chi connectivity index (χ1v) is 4.70. The summed E-state index contributed by atoms with van der Waals surface area (Å²) in [7, 11) is 0. The highest BCUT2D eigenvalue weighted by Gasteiger charge is 2.29. The molecule has 0 spiro atoms. The van der Waals surface area contributed by atoms with E-state index < -0.39 is 12.2 Å². The van der Waals surface area contributed by atoms with E-state index in [4.69, 9.17) is 5.73 Å². The Balaban J connectivity index is 0.00000169. The minimum atomic E-state index is -0.892. The highest BCUT2D eigenvalue weighted by molar-refractivity contribution is 5.85. The van der Waals surface area contributed by atoms with Gasteiger partial charge in [0.1, 0.15) is 6.17 Å². The van der Waals surface area contributed by atoms with E-state index in [0.717, 1.165) is 6.42 Å². The lowest BCUT2D eigenvalue weighted by Crippen LogP contribution is -2.49. The van der Waals surface area contributed by atoms with Crippen molar-refractivity contribution in [1.82, 2.24) is 4.90 Å². The van der Waals surface area contributed by atoms with Gasteiger partial charge in [-0.3, -0.25) is 4.79 Å². The Bertz CT molecular complexity index is 201. The topological polar surface area (TPSA) is 46.3 Å². The summed E-state index contributed by atoms with van der Waals surface area (Å²) in [5.74, 6) is -0.0771. The van der Waals surface area contributed by atoms with Gasteiger partial charge in [-0.1, -0.05) is 6.92 Å². The molecule has 1 aliphatic heterocycles. The molecule has 2 N–H and O–H groups in total. The van der Waals surface area contributed by atoms with E-state index in [0.29, 0.717) is 6.54 Å². The monoisotopic (exact) mass is 224 g/mol. The molecule has 84 valence electrons. The molecule has 1 rings (SSSR count). The summed E-state index contributed by atoms with van der Waals surface area (Å²) in [6, 6.07) is -0.513. The first-order chi connectivity index (χ1) is 6.02. The lowest BCUT2D eigenvalue weighted by molar-refractivity contribution is -0.135. The van der Waals surface area contributed by atoms with Crippen LogP contribution in [0.15, 0.2) is 0 Å². The fourth-order valence-electron chi connectivity index (χ4n) is 1.51. The van der Waals surface area contributed by atoms with Crippen LogP contribution in [0, 0.1) is 5.92 Å². The van der Waals surface area contributed by atoms with Crippen molar-refractivity contribution >= 4 is 18.3 Å². The summed E-state index contributed by atoms with van der Waals surface area (Å²) in [5, 5.41) is 0. The third kappa shape index (κ3) is 3.10. The zero-order valence-corrected chi connectivity index (χ0v) is 9.39. The molecular formula is C9H18ClFN2O. The number of piperidine rings is 1. The Labute approximate surface area is 90.2 Å². The molecule has 0 aromatic heterocycles. The van der Waals surface area contributed by atoms with Gasteiger partial charge in [-0.2, -0.15) is 0 Å². The van der Waals surface area contributed by atoms with Gasteiger partial charge < -0.3 is 10.6 Å². The molecule has 1 fully saturated rings. The first kappa shape index (κ1) is 13.7. The van der Waals surface area contributed by atoms with Crippen LogP contribution >= 0.6 is 12.4 Å². The smallest absolute Gasteiger partial charge is 0.239 e. The molecule has 1 saturated heterocycles. The number of likely N-dealkylation sites (tertiary alicyclic amines) is 1. The van der Waals surface area contributed by atoms with Crippen LogP contribution in [0.25, 0.3) is 0 Å². The van der Waals surface area contributed by atoms with Gasteiger partial charge in [0, 0.05) is 6.54 Å². The van der Waals surface area contributed by atoms with Crippen molar-refractivity contribution in [3.63, 3.8) is 0 Å². The van der Waals surface area contributed by atoms with Crippen molar-refractivity contribution in [3.8, 4) is 0 Å². The van der Waals surface area contributed by atoms with E-state index in [1.807, 2.05) is 6.92 Å². The Kier molecular flexibility index (Phi) is 5.37. The standard InChI is InChI=1S/C9H17FN2O.ClH/c1-6-3-4-12(5-8(6)10)9(13)7(2)11;/h6-8H,3-5,11H2,1-2H3;1H/t6?,7-,8?;/m1./s1. The molecule has 0 bridgehead atoms. The van der Waals surface area contributed by atoms with Gasteiger partial charge in [-0.25, -0.2) is 4.39 Å². The van der Waals surface area contributed by atoms with Gasteiger partial charge in [0.2, 0.25) is 5.91 Å². The van der Waals surface area contributed by atoms with E-state index in [9.17, 15) is 9.18 Å². The number of amides is 1. The van der Waals surface area contributed by atoms with Gasteiger partial charge >= 0.3 is 0 Å². The molecule has 2 unspecified atom stereocenters. The molecule has 0 aliphatic carbocycles. The van der Waals surface area contributed by atoms with Crippen LogP contribution in [0.5, 0.6) is 0 Å². The summed E-state index contributed by atoms with van der Waals surface area (Å²) < 4.78 is 13.2. The molecule has 0 aromatic rings. The summed E-state index contributed by atoms with van der Waals surface area (Å²) in [4.78, 5) is 12.9. The molecule has 3 nitrogen and oxygen atoms in total. The third-order valence-electron chi connectivity index (χ3n) is 2.57. The normalized spacial score (nSPS) is 29.3. The van der Waals surface area contributed by atoms with Gasteiger partial charge in [0.25, 0.3) is 0 Å². The zero-order chi connectivity index (χ0) is 10.0. The molecule has 1 aliphatic rings. The fraction of sp³-hybridized carbons (Fsp3) is 0.889. The van der Waals surface area contributed by atoms with E-state index in [2.05, 4.69) is 0 Å². The second-order valence-corrected chi connectivity index (χ2v) is 3.85. The molecule has 0 saturated carbocycles. The minimum Gasteiger partial charge on any atom is -0.338 e. The number of rotatable bonds is 1. The van der Waals surface area contributed by atoms with Crippen LogP contribution in [0.4, 0.5) is 4.39 Å². The Morgan fingerprint density at radius 3 is 2.64 bits per heavy atom. The van der Waals surface area contributed by atoms with E-state index >= 15 is 0 Å². The van der Waals surface area contributed by atoms with Gasteiger partial charge in [0.05, 0.1) is 12.6 Å². The second-order valence-electron chi connectivity index (χ2n) is 3.85. The lowest BCUT2D eigenvalue weighted by Gasteiger charge is -2.33. The molecular weight excluding hydrogens is 207 g/mol. The van der Waals surface area contributed by atoms with E-state index in [1.54, 1.807) is 6.92 Å². The number of nitrogens with two attached hydrogens (primary N) is 1. The average molecular weight is 225 g/mol. The average Bonchev–Trinajstić information content (AvgIpc) is 2.08. The van der Waals surface area contributed by atoms with Crippen LogP contribution in [-0.4, -0.2) is 36.1 Å². The van der Waals surface area contributed by atoms with Crippen LogP contribution in [0.2, 0.25) is 0 Å². The Hall–Kier alpha value is -0.350. The molecule has 3 atom stereocenters. The minimum absolute atomic E-state index is 0. The Morgan fingerprint density at radius 2 is 2.21 bits per heavy atom. The number of hydrogen-bond donors (Lipinski definition) is 1. The summed E-state index contributed by atoms with van der Waals surface area (Å²) in [6.45, 7) is 4.36. The molecule has 0 radical (unpaired) electrons. The molecule has 0 aromatic carbocycles. The van der Waals surface area contributed by atoms with E-state index in [-0.39, 0.29) is 30.8 Å². The number of alkyl halides is 1. The van der Waals surface area contributed by atoms with Gasteiger partial charge in [0.15, 0.2) is 0 Å². The quantitative estimate of drug-likeness (QED) is 0.721. The van der Waals surface area contributed by atoms with Crippen LogP contribution in [0.3, 0.4) is 0 Å². The van der Waals surface area contributed by atoms with Crippen molar-refractivity contribution in [1.29, 1.82) is 0 Å². The van der Waals surface area contributed by atoms with Crippen molar-refractivity contribution < 1.29 is 9.18 Å². The van der Waals surface area contributed by atoms with E-state index in [1.165, 1.54) is 4.90 Å². The predicted octanol–water partition coefficient (Wildman–Crippen LogP) is 0.962. The number of carbonyl (C=O) groups excluding carboxylic acids is 1. The van der Waals surface area contributed by atoms with Crippen LogP contribution < -0.4 is 5.73 Å². The summed E-state index contributed by atoms with van der Waals surface area (Å²) in [5.41, 5.74) is 5.43. The summed E-state index contributed by atoms with van der Waals surface area (Å²) >= 11 is 0. The maximum atomic E-state index is 13.2. The van der Waals surface area contributed by atoms with Crippen molar-refractivity contribution in [2.45, 2.75) is 32.5 Å². The van der Waals surface area contributed by atoms with Crippen molar-refractivity contribution in [2.24, 2.45) is 11.7 Å². The lowest BCUT2D eigenvalue weighted by atomic mass is 9.97. The van der Waals surface area contributed by atoms with Gasteiger partial charge in [-0.15, -0.1) is 12.4 Å². The predicted molar refractivity (Wildman–Crippen MR) is 56.2 cm³/mol. The van der Waals surface area contributed by atoms with Crippen LogP contribution in [-0.2, 0) is 4.79 Å². The molecule has 1 amide bonds. The maximum absolute atomic E-state index is 13.2. The molecule has 5 heteroatoms. The Morgan fingerprint density at radius 1 is 1.64 bits per heavy atom. The summed E-state index contributed by atoms with van der Waals surface area (Å²) in [6.07, 6.45) is -0.156.